The average molecular weight is 261 g/mol. The van der Waals surface area contributed by atoms with Crippen molar-refractivity contribution >= 4 is 0 Å². The van der Waals surface area contributed by atoms with E-state index in [0.717, 1.165) is 24.2 Å². The molecule has 0 heterocycles. The molecule has 0 saturated heterocycles. The van der Waals surface area contributed by atoms with Gasteiger partial charge in [0.2, 0.25) is 0 Å². The van der Waals surface area contributed by atoms with E-state index in [0.29, 0.717) is 6.04 Å². The van der Waals surface area contributed by atoms with E-state index in [-0.39, 0.29) is 0 Å². The third kappa shape index (κ3) is 3.50. The molecule has 1 N–H and O–H groups in total. The van der Waals surface area contributed by atoms with E-state index in [1.54, 1.807) is 0 Å². The Morgan fingerprint density at radius 1 is 1.21 bits per heavy atom. The molecule has 19 heavy (non-hydrogen) atoms. The summed E-state index contributed by atoms with van der Waals surface area (Å²) in [6.07, 6.45) is 5.46. The van der Waals surface area contributed by atoms with Crippen LogP contribution in [-0.4, -0.2) is 13.7 Å². The molecule has 1 aliphatic carbocycles. The summed E-state index contributed by atoms with van der Waals surface area (Å²) >= 11 is 0. The van der Waals surface area contributed by atoms with Gasteiger partial charge >= 0.3 is 0 Å². The molecule has 0 bridgehead atoms. The van der Waals surface area contributed by atoms with Crippen LogP contribution in [0.4, 0.5) is 0 Å². The van der Waals surface area contributed by atoms with Gasteiger partial charge in [0, 0.05) is 6.04 Å². The Hall–Kier alpha value is -1.02. The highest BCUT2D eigenvalue weighted by molar-refractivity contribution is 5.29. The summed E-state index contributed by atoms with van der Waals surface area (Å²) in [5, 5.41) is 3.52. The summed E-state index contributed by atoms with van der Waals surface area (Å²) in [6.45, 7) is 5.07. The van der Waals surface area contributed by atoms with Gasteiger partial charge in [-0.15, -0.1) is 0 Å². The van der Waals surface area contributed by atoms with E-state index in [1.165, 1.54) is 31.2 Å². The maximum absolute atomic E-state index is 5.51. The van der Waals surface area contributed by atoms with Gasteiger partial charge < -0.3 is 10.1 Å². The van der Waals surface area contributed by atoms with Gasteiger partial charge in [0.15, 0.2) is 0 Å². The molecule has 3 unspecified atom stereocenters. The molecule has 2 nitrogen and oxygen atoms in total. The highest BCUT2D eigenvalue weighted by atomic mass is 16.5. The van der Waals surface area contributed by atoms with Crippen molar-refractivity contribution < 1.29 is 4.74 Å². The number of benzene rings is 1. The first-order valence-electron chi connectivity index (χ1n) is 7.68. The molecular weight excluding hydrogens is 234 g/mol. The molecule has 0 radical (unpaired) electrons. The molecule has 1 aromatic rings. The summed E-state index contributed by atoms with van der Waals surface area (Å²) in [5.74, 6) is 2.69. The Morgan fingerprint density at radius 3 is 2.47 bits per heavy atom. The lowest BCUT2D eigenvalue weighted by molar-refractivity contribution is 0.339. The molecule has 1 aromatic carbocycles. The zero-order valence-corrected chi connectivity index (χ0v) is 12.5. The van der Waals surface area contributed by atoms with Crippen LogP contribution in [0.2, 0.25) is 0 Å². The Bertz CT molecular complexity index is 373. The fraction of sp³-hybridized carbons (Fsp3) is 0.647. The third-order valence-corrected chi connectivity index (χ3v) is 4.49. The lowest BCUT2D eigenvalue weighted by Crippen LogP contribution is -2.23. The highest BCUT2D eigenvalue weighted by Gasteiger charge is 2.29. The van der Waals surface area contributed by atoms with E-state index in [4.69, 9.17) is 4.74 Å². The first kappa shape index (κ1) is 14.4. The molecule has 3 atom stereocenters. The minimum absolute atomic E-state index is 0.493. The zero-order valence-electron chi connectivity index (χ0n) is 12.5. The lowest BCUT2D eigenvalue weighted by atomic mass is 9.90. The van der Waals surface area contributed by atoms with Crippen molar-refractivity contribution in [1.82, 2.24) is 5.32 Å². The Kier molecular flexibility index (Phi) is 5.26. The normalized spacial score (nSPS) is 24.4. The number of hydrogen-bond donors (Lipinski definition) is 1. The molecule has 1 saturated carbocycles. The minimum atomic E-state index is 0.493. The SMILES string of the molecule is CCOc1ccc(C(NC)C2CCC(CC)C2)cc1. The van der Waals surface area contributed by atoms with Gasteiger partial charge in [0.05, 0.1) is 6.61 Å². The number of hydrogen-bond acceptors (Lipinski definition) is 2. The van der Waals surface area contributed by atoms with Crippen LogP contribution in [0.1, 0.15) is 51.1 Å². The van der Waals surface area contributed by atoms with Crippen LogP contribution in [0.3, 0.4) is 0 Å². The summed E-state index contributed by atoms with van der Waals surface area (Å²) in [6, 6.07) is 9.11. The fourth-order valence-corrected chi connectivity index (χ4v) is 3.40. The standard InChI is InChI=1S/C17H27NO/c1-4-13-6-7-15(12-13)17(18-3)14-8-10-16(11-9-14)19-5-2/h8-11,13,15,17-18H,4-7,12H2,1-3H3. The fourth-order valence-electron chi connectivity index (χ4n) is 3.40. The van der Waals surface area contributed by atoms with Crippen molar-refractivity contribution in [2.24, 2.45) is 11.8 Å². The minimum Gasteiger partial charge on any atom is -0.494 e. The van der Waals surface area contributed by atoms with Crippen molar-refractivity contribution in [3.63, 3.8) is 0 Å². The molecule has 1 aliphatic rings. The Morgan fingerprint density at radius 2 is 1.95 bits per heavy atom. The molecule has 0 spiro atoms. The van der Waals surface area contributed by atoms with E-state index in [1.807, 2.05) is 6.92 Å². The molecular formula is C17H27NO. The number of nitrogens with one attached hydrogen (secondary N) is 1. The van der Waals surface area contributed by atoms with Gasteiger partial charge in [0.25, 0.3) is 0 Å². The molecule has 2 heteroatoms. The molecule has 0 aromatic heterocycles. The zero-order chi connectivity index (χ0) is 13.7. The van der Waals surface area contributed by atoms with Gasteiger partial charge in [-0.1, -0.05) is 31.9 Å². The summed E-state index contributed by atoms with van der Waals surface area (Å²) in [7, 11) is 2.08. The second kappa shape index (κ2) is 6.95. The van der Waals surface area contributed by atoms with Crippen molar-refractivity contribution in [2.75, 3.05) is 13.7 Å². The Labute approximate surface area is 117 Å². The van der Waals surface area contributed by atoms with Crippen LogP contribution in [0.15, 0.2) is 24.3 Å². The van der Waals surface area contributed by atoms with Crippen LogP contribution in [-0.2, 0) is 0 Å². The summed E-state index contributed by atoms with van der Waals surface area (Å²) < 4.78 is 5.51. The smallest absolute Gasteiger partial charge is 0.119 e. The maximum Gasteiger partial charge on any atom is 0.119 e. The van der Waals surface area contributed by atoms with E-state index < -0.39 is 0 Å². The summed E-state index contributed by atoms with van der Waals surface area (Å²) in [4.78, 5) is 0. The largest absolute Gasteiger partial charge is 0.494 e. The maximum atomic E-state index is 5.51. The predicted octanol–water partition coefficient (Wildman–Crippen LogP) is 4.17. The quantitative estimate of drug-likeness (QED) is 0.829. The molecule has 2 rings (SSSR count). The molecule has 106 valence electrons. The van der Waals surface area contributed by atoms with Gasteiger partial charge in [-0.3, -0.25) is 0 Å². The van der Waals surface area contributed by atoms with Crippen LogP contribution in [0.25, 0.3) is 0 Å². The molecule has 1 fully saturated rings. The van der Waals surface area contributed by atoms with Crippen molar-refractivity contribution in [3.05, 3.63) is 29.8 Å². The highest BCUT2D eigenvalue weighted by Crippen LogP contribution is 2.40. The van der Waals surface area contributed by atoms with E-state index in [2.05, 4.69) is 43.6 Å². The predicted molar refractivity (Wildman–Crippen MR) is 80.5 cm³/mol. The second-order valence-electron chi connectivity index (χ2n) is 5.62. The monoisotopic (exact) mass is 261 g/mol. The lowest BCUT2D eigenvalue weighted by Gasteiger charge is -2.24. The first-order valence-corrected chi connectivity index (χ1v) is 7.68. The van der Waals surface area contributed by atoms with Crippen LogP contribution in [0, 0.1) is 11.8 Å². The van der Waals surface area contributed by atoms with Crippen molar-refractivity contribution in [1.29, 1.82) is 0 Å². The second-order valence-corrected chi connectivity index (χ2v) is 5.62. The Balaban J connectivity index is 2.04. The van der Waals surface area contributed by atoms with Crippen LogP contribution in [0.5, 0.6) is 5.75 Å². The van der Waals surface area contributed by atoms with Gasteiger partial charge in [-0.05, 0) is 56.3 Å². The van der Waals surface area contributed by atoms with Crippen LogP contribution < -0.4 is 10.1 Å². The topological polar surface area (TPSA) is 21.3 Å². The molecule has 0 aliphatic heterocycles. The van der Waals surface area contributed by atoms with E-state index in [9.17, 15) is 0 Å². The van der Waals surface area contributed by atoms with Gasteiger partial charge in [0.1, 0.15) is 5.75 Å². The third-order valence-electron chi connectivity index (χ3n) is 4.49. The number of ether oxygens (including phenoxy) is 1. The van der Waals surface area contributed by atoms with Gasteiger partial charge in [-0.2, -0.15) is 0 Å². The van der Waals surface area contributed by atoms with Crippen molar-refractivity contribution in [2.45, 2.75) is 45.6 Å². The first-order chi connectivity index (χ1) is 9.28. The summed E-state index contributed by atoms with van der Waals surface area (Å²) in [5.41, 5.74) is 1.40. The molecule has 0 amide bonds. The average Bonchev–Trinajstić information content (AvgIpc) is 2.91. The van der Waals surface area contributed by atoms with Gasteiger partial charge in [-0.25, -0.2) is 0 Å². The van der Waals surface area contributed by atoms with E-state index >= 15 is 0 Å². The van der Waals surface area contributed by atoms with Crippen molar-refractivity contribution in [3.8, 4) is 5.75 Å². The number of rotatable bonds is 6. The van der Waals surface area contributed by atoms with Crippen LogP contribution >= 0.6 is 0 Å².